The second kappa shape index (κ2) is 9.21. The normalized spacial score (nSPS) is 15.6. The smallest absolute Gasteiger partial charge is 0.00164 e. The average Bonchev–Trinajstić information content (AvgIpc) is 2.27. The van der Waals surface area contributed by atoms with Crippen molar-refractivity contribution < 1.29 is 0 Å². The number of hydrogen-bond donors (Lipinski definition) is 0. The van der Waals surface area contributed by atoms with Crippen molar-refractivity contribution in [2.45, 2.75) is 60.3 Å². The fraction of sp³-hybridized carbons (Fsp3) is 1.00. The van der Waals surface area contributed by atoms with Crippen LogP contribution in [0.3, 0.4) is 0 Å². The Hall–Kier alpha value is -0.0400. The van der Waals surface area contributed by atoms with Crippen LogP contribution in [-0.2, 0) is 0 Å². The van der Waals surface area contributed by atoms with Crippen LogP contribution in [0.4, 0.5) is 0 Å². The van der Waals surface area contributed by atoms with Crippen molar-refractivity contribution in [2.24, 2.45) is 11.8 Å². The van der Waals surface area contributed by atoms with Crippen molar-refractivity contribution in [3.63, 3.8) is 0 Å². The van der Waals surface area contributed by atoms with Crippen molar-refractivity contribution in [3.05, 3.63) is 0 Å². The van der Waals surface area contributed by atoms with Crippen molar-refractivity contribution in [3.8, 4) is 0 Å². The molecule has 2 unspecified atom stereocenters. The van der Waals surface area contributed by atoms with Gasteiger partial charge in [-0.25, -0.2) is 0 Å². The summed E-state index contributed by atoms with van der Waals surface area (Å²) in [4.78, 5) is 2.53. The Morgan fingerprint density at radius 3 is 1.80 bits per heavy atom. The molecule has 0 bridgehead atoms. The summed E-state index contributed by atoms with van der Waals surface area (Å²) in [5.74, 6) is 1.82. The van der Waals surface area contributed by atoms with Crippen LogP contribution in [0.25, 0.3) is 0 Å². The average molecular weight is 213 g/mol. The summed E-state index contributed by atoms with van der Waals surface area (Å²) in [6.45, 7) is 15.3. The third kappa shape index (κ3) is 7.84. The molecule has 0 spiro atoms. The highest BCUT2D eigenvalue weighted by Gasteiger charge is 2.07. The summed E-state index contributed by atoms with van der Waals surface area (Å²) >= 11 is 0. The van der Waals surface area contributed by atoms with Crippen LogP contribution in [0.2, 0.25) is 0 Å². The molecule has 0 aromatic carbocycles. The van der Waals surface area contributed by atoms with Gasteiger partial charge in [0.05, 0.1) is 0 Å². The fourth-order valence-electron chi connectivity index (χ4n) is 1.86. The number of hydrogen-bond acceptors (Lipinski definition) is 1. The lowest BCUT2D eigenvalue weighted by molar-refractivity contribution is 0.271. The monoisotopic (exact) mass is 213 g/mol. The maximum absolute atomic E-state index is 2.53. The molecule has 0 aliphatic carbocycles. The Morgan fingerprint density at radius 1 is 0.800 bits per heavy atom. The van der Waals surface area contributed by atoms with Gasteiger partial charge in [0.25, 0.3) is 0 Å². The summed E-state index contributed by atoms with van der Waals surface area (Å²) in [5.41, 5.74) is 0. The first kappa shape index (κ1) is 15.0. The highest BCUT2D eigenvalue weighted by molar-refractivity contribution is 4.60. The Balaban J connectivity index is 3.51. The van der Waals surface area contributed by atoms with Crippen LogP contribution in [0.15, 0.2) is 0 Å². The molecule has 2 atom stereocenters. The molecule has 15 heavy (non-hydrogen) atoms. The van der Waals surface area contributed by atoms with E-state index in [9.17, 15) is 0 Å². The predicted molar refractivity (Wildman–Crippen MR) is 70.3 cm³/mol. The second-order valence-electron chi connectivity index (χ2n) is 5.01. The molecule has 0 amide bonds. The molecular formula is C14H31N. The van der Waals surface area contributed by atoms with E-state index < -0.39 is 0 Å². The first-order valence-corrected chi connectivity index (χ1v) is 6.86. The van der Waals surface area contributed by atoms with Gasteiger partial charge in [-0.05, 0) is 37.9 Å². The van der Waals surface area contributed by atoms with Crippen molar-refractivity contribution in [1.82, 2.24) is 4.90 Å². The van der Waals surface area contributed by atoms with Crippen molar-refractivity contribution >= 4 is 0 Å². The first-order valence-electron chi connectivity index (χ1n) is 6.86. The van der Waals surface area contributed by atoms with E-state index in [-0.39, 0.29) is 0 Å². The van der Waals surface area contributed by atoms with Crippen LogP contribution in [0, 0.1) is 11.8 Å². The topological polar surface area (TPSA) is 3.24 Å². The van der Waals surface area contributed by atoms with E-state index in [1.54, 1.807) is 0 Å². The Kier molecular flexibility index (Phi) is 9.18. The molecule has 1 nitrogen and oxygen atoms in total. The van der Waals surface area contributed by atoms with Gasteiger partial charge in [-0.2, -0.15) is 0 Å². The van der Waals surface area contributed by atoms with Gasteiger partial charge in [-0.15, -0.1) is 0 Å². The van der Waals surface area contributed by atoms with Gasteiger partial charge in [0.15, 0.2) is 0 Å². The quantitative estimate of drug-likeness (QED) is 0.555. The Labute approximate surface area is 97.2 Å². The minimum Gasteiger partial charge on any atom is -0.304 e. The molecule has 0 aromatic rings. The van der Waals surface area contributed by atoms with E-state index >= 15 is 0 Å². The molecule has 0 rings (SSSR count). The minimum absolute atomic E-state index is 0.902. The highest BCUT2D eigenvalue weighted by Crippen LogP contribution is 2.17. The van der Waals surface area contributed by atoms with Crippen LogP contribution in [0.5, 0.6) is 0 Å². The molecule has 0 aromatic heterocycles. The SMILES string of the molecule is CCC(C)CCC(C)CCN(CC)CC. The predicted octanol–water partition coefficient (Wildman–Crippen LogP) is 4.18. The summed E-state index contributed by atoms with van der Waals surface area (Å²) in [5, 5.41) is 0. The van der Waals surface area contributed by atoms with Crippen molar-refractivity contribution in [2.75, 3.05) is 19.6 Å². The molecule has 0 aliphatic heterocycles. The number of rotatable bonds is 9. The molecule has 0 N–H and O–H groups in total. The zero-order valence-electron chi connectivity index (χ0n) is 11.6. The van der Waals surface area contributed by atoms with E-state index in [1.165, 1.54) is 45.3 Å². The van der Waals surface area contributed by atoms with E-state index in [4.69, 9.17) is 0 Å². The lowest BCUT2D eigenvalue weighted by Crippen LogP contribution is -2.25. The summed E-state index contributed by atoms with van der Waals surface area (Å²) < 4.78 is 0. The van der Waals surface area contributed by atoms with E-state index in [0.717, 1.165) is 11.8 Å². The maximum Gasteiger partial charge on any atom is -0.00164 e. The van der Waals surface area contributed by atoms with Crippen LogP contribution < -0.4 is 0 Å². The van der Waals surface area contributed by atoms with E-state index in [1.807, 2.05) is 0 Å². The van der Waals surface area contributed by atoms with Gasteiger partial charge in [0.1, 0.15) is 0 Å². The summed E-state index contributed by atoms with van der Waals surface area (Å²) in [6.07, 6.45) is 5.53. The second-order valence-corrected chi connectivity index (χ2v) is 5.01. The maximum atomic E-state index is 2.53. The van der Waals surface area contributed by atoms with Gasteiger partial charge in [-0.1, -0.05) is 53.9 Å². The Bertz CT molecular complexity index is 129. The van der Waals surface area contributed by atoms with Crippen molar-refractivity contribution in [1.29, 1.82) is 0 Å². The van der Waals surface area contributed by atoms with E-state index in [0.29, 0.717) is 0 Å². The largest absolute Gasteiger partial charge is 0.304 e. The third-order valence-electron chi connectivity index (χ3n) is 3.68. The van der Waals surface area contributed by atoms with Crippen LogP contribution >= 0.6 is 0 Å². The molecule has 1 heteroatoms. The molecule has 0 radical (unpaired) electrons. The molecule has 0 aliphatic rings. The molecule has 0 saturated carbocycles. The van der Waals surface area contributed by atoms with Gasteiger partial charge >= 0.3 is 0 Å². The molecule has 92 valence electrons. The van der Waals surface area contributed by atoms with Crippen LogP contribution in [0.1, 0.15) is 60.3 Å². The summed E-state index contributed by atoms with van der Waals surface area (Å²) in [7, 11) is 0. The lowest BCUT2D eigenvalue weighted by Gasteiger charge is -2.21. The molecule has 0 fully saturated rings. The van der Waals surface area contributed by atoms with Gasteiger partial charge in [0.2, 0.25) is 0 Å². The molecule has 0 heterocycles. The lowest BCUT2D eigenvalue weighted by atomic mass is 9.94. The standard InChI is InChI=1S/C14H31N/c1-6-13(4)9-10-14(5)11-12-15(7-2)8-3/h13-14H,6-12H2,1-5H3. The highest BCUT2D eigenvalue weighted by atomic mass is 15.1. The minimum atomic E-state index is 0.902. The number of nitrogens with zero attached hydrogens (tertiary/aromatic N) is 1. The van der Waals surface area contributed by atoms with Gasteiger partial charge < -0.3 is 4.90 Å². The van der Waals surface area contributed by atoms with Gasteiger partial charge in [0, 0.05) is 0 Å². The Morgan fingerprint density at radius 2 is 1.33 bits per heavy atom. The zero-order valence-corrected chi connectivity index (χ0v) is 11.6. The zero-order chi connectivity index (χ0) is 11.7. The van der Waals surface area contributed by atoms with E-state index in [2.05, 4.69) is 39.5 Å². The fourth-order valence-corrected chi connectivity index (χ4v) is 1.86. The first-order chi connectivity index (χ1) is 7.13. The third-order valence-corrected chi connectivity index (χ3v) is 3.68. The molecule has 0 saturated heterocycles. The van der Waals surface area contributed by atoms with Crippen LogP contribution in [-0.4, -0.2) is 24.5 Å². The molecular weight excluding hydrogens is 182 g/mol. The van der Waals surface area contributed by atoms with Gasteiger partial charge in [-0.3, -0.25) is 0 Å². The summed E-state index contributed by atoms with van der Waals surface area (Å²) in [6, 6.07) is 0.